The molecule has 0 spiro atoms. The Kier molecular flexibility index (Phi) is 5.96. The van der Waals surface area contributed by atoms with Crippen LogP contribution >= 0.6 is 0 Å². The Morgan fingerprint density at radius 3 is 1.83 bits per heavy atom. The van der Waals surface area contributed by atoms with E-state index < -0.39 is 0 Å². The lowest BCUT2D eigenvalue weighted by Gasteiger charge is -2.34. The van der Waals surface area contributed by atoms with E-state index >= 15 is 0 Å². The lowest BCUT2D eigenvalue weighted by Crippen LogP contribution is -2.57. The third-order valence-corrected chi connectivity index (χ3v) is 12.2. The summed E-state index contributed by atoms with van der Waals surface area (Å²) < 4.78 is 19.0. The largest absolute Gasteiger partial charge is 0.458 e. The van der Waals surface area contributed by atoms with Crippen molar-refractivity contribution in [2.24, 2.45) is 0 Å². The molecule has 8 aromatic rings. The van der Waals surface area contributed by atoms with E-state index in [2.05, 4.69) is 137 Å². The van der Waals surface area contributed by atoms with Gasteiger partial charge in [0.25, 0.3) is 6.71 Å². The zero-order valence-electron chi connectivity index (χ0n) is 28.9. The summed E-state index contributed by atoms with van der Waals surface area (Å²) in [5, 5.41) is 2.74. The molecular weight excluding hydrogens is 635 g/mol. The molecule has 0 saturated heterocycles. The predicted molar refractivity (Wildman–Crippen MR) is 212 cm³/mol. The van der Waals surface area contributed by atoms with Crippen LogP contribution in [0.25, 0.3) is 44.3 Å². The van der Waals surface area contributed by atoms with Crippen molar-refractivity contribution in [2.75, 3.05) is 0 Å². The predicted octanol–water partition coefficient (Wildman–Crippen LogP) is 9.34. The van der Waals surface area contributed by atoms with Gasteiger partial charge >= 0.3 is 0 Å². The second-order valence-electron chi connectivity index (χ2n) is 14.9. The minimum Gasteiger partial charge on any atom is -0.458 e. The van der Waals surface area contributed by atoms with Crippen molar-refractivity contribution in [2.45, 2.75) is 44.9 Å². The van der Waals surface area contributed by atoms with E-state index in [9.17, 15) is 0 Å². The molecule has 5 heteroatoms. The van der Waals surface area contributed by atoms with E-state index in [1.807, 2.05) is 0 Å². The van der Waals surface area contributed by atoms with E-state index in [1.54, 1.807) is 0 Å². The standard InChI is InChI=1S/C47H35BN2O2/c1-2-11-29(12-3-1)30-21-24-43-38(25-30)48-37-23-22-31(49-39-17-7-4-15-35(39)36-16-10-20-42(36)49)26-44(37)52-46-28-32(27-45(51-43)47(46)48)50-40-18-8-5-13-33(40)34-14-6-9-19-41(34)50/h1-5,7-8,11-13,15,17-18,21-28H,6,9-10,14,16,19-20H2. The molecule has 0 radical (unpaired) electrons. The first-order chi connectivity index (χ1) is 25.8. The number of nitrogens with zero attached hydrogens (tertiary/aromatic N) is 2. The number of aromatic nitrogens is 2. The van der Waals surface area contributed by atoms with Gasteiger partial charge in [0.1, 0.15) is 23.0 Å². The third kappa shape index (κ3) is 3.99. The van der Waals surface area contributed by atoms with E-state index in [0.717, 1.165) is 65.5 Å². The minimum atomic E-state index is -0.0216. The summed E-state index contributed by atoms with van der Waals surface area (Å²) in [5.41, 5.74) is 16.5. The van der Waals surface area contributed by atoms with Crippen LogP contribution in [0.2, 0.25) is 0 Å². The Hall–Kier alpha value is -5.94. The summed E-state index contributed by atoms with van der Waals surface area (Å²) in [6.45, 7) is -0.0216. The lowest BCUT2D eigenvalue weighted by molar-refractivity contribution is 0.464. The van der Waals surface area contributed by atoms with Gasteiger partial charge in [-0.05, 0) is 102 Å². The van der Waals surface area contributed by atoms with E-state index in [4.69, 9.17) is 9.47 Å². The number of hydrogen-bond acceptors (Lipinski definition) is 2. The molecule has 4 heterocycles. The average molecular weight is 671 g/mol. The average Bonchev–Trinajstić information content (AvgIpc) is 3.89. The van der Waals surface area contributed by atoms with E-state index in [-0.39, 0.29) is 6.71 Å². The van der Waals surface area contributed by atoms with Gasteiger partial charge in [-0.3, -0.25) is 0 Å². The SMILES string of the molecule is c1ccc(-c2ccc3c(c2)B2c4ccc(-n5c6c(c7ccccc75)CCC6)cc4Oc4cc(-n5c6c(c7ccccc75)CCCC6)cc(c42)O3)cc1. The highest BCUT2D eigenvalue weighted by Gasteiger charge is 2.41. The monoisotopic (exact) mass is 670 g/mol. The van der Waals surface area contributed by atoms with Gasteiger partial charge in [0.15, 0.2) is 0 Å². The second-order valence-corrected chi connectivity index (χ2v) is 14.9. The molecule has 0 amide bonds. The molecule has 0 unspecified atom stereocenters. The zero-order chi connectivity index (χ0) is 33.9. The van der Waals surface area contributed by atoms with Crippen molar-refractivity contribution < 1.29 is 9.47 Å². The van der Waals surface area contributed by atoms with E-state index in [1.165, 1.54) is 85.6 Å². The Labute approximate surface area is 302 Å². The highest BCUT2D eigenvalue weighted by molar-refractivity contribution is 6.98. The normalized spacial score (nSPS) is 15.0. The van der Waals surface area contributed by atoms with Crippen LogP contribution in [0, 0.1) is 0 Å². The summed E-state index contributed by atoms with van der Waals surface area (Å²) >= 11 is 0. The number of para-hydroxylation sites is 2. The number of rotatable bonds is 3. The van der Waals surface area contributed by atoms with Crippen LogP contribution < -0.4 is 25.9 Å². The van der Waals surface area contributed by atoms with Crippen LogP contribution in [0.4, 0.5) is 0 Å². The van der Waals surface area contributed by atoms with Crippen molar-refractivity contribution >= 4 is 44.9 Å². The summed E-state index contributed by atoms with van der Waals surface area (Å²) in [7, 11) is 0. The van der Waals surface area contributed by atoms with Crippen LogP contribution in [0.1, 0.15) is 41.8 Å². The van der Waals surface area contributed by atoms with Crippen molar-refractivity contribution in [3.05, 3.63) is 150 Å². The number of hydrogen-bond donors (Lipinski definition) is 0. The fraction of sp³-hybridized carbons (Fsp3) is 0.149. The minimum absolute atomic E-state index is 0.0216. The molecule has 6 aromatic carbocycles. The highest BCUT2D eigenvalue weighted by atomic mass is 16.5. The summed E-state index contributed by atoms with van der Waals surface area (Å²) in [6.07, 6.45) is 8.10. The smallest absolute Gasteiger partial charge is 0.260 e. The number of benzene rings is 6. The van der Waals surface area contributed by atoms with Crippen LogP contribution in [0.15, 0.2) is 127 Å². The molecule has 4 aliphatic rings. The summed E-state index contributed by atoms with van der Waals surface area (Å²) in [5.74, 6) is 3.58. The Morgan fingerprint density at radius 2 is 1.06 bits per heavy atom. The van der Waals surface area contributed by atoms with Gasteiger partial charge in [-0.25, -0.2) is 0 Å². The van der Waals surface area contributed by atoms with Gasteiger partial charge in [-0.15, -0.1) is 0 Å². The molecule has 52 heavy (non-hydrogen) atoms. The van der Waals surface area contributed by atoms with Gasteiger partial charge in [0, 0.05) is 51.5 Å². The molecule has 0 bridgehead atoms. The molecule has 2 aliphatic carbocycles. The van der Waals surface area contributed by atoms with Gasteiger partial charge in [-0.1, -0.05) is 84.9 Å². The van der Waals surface area contributed by atoms with Crippen molar-refractivity contribution in [1.82, 2.24) is 9.13 Å². The lowest BCUT2D eigenvalue weighted by atomic mass is 9.34. The first-order valence-corrected chi connectivity index (χ1v) is 18.9. The number of ether oxygens (including phenoxy) is 2. The van der Waals surface area contributed by atoms with Gasteiger partial charge < -0.3 is 18.6 Å². The molecule has 0 saturated carbocycles. The highest BCUT2D eigenvalue weighted by Crippen LogP contribution is 2.42. The molecule has 12 rings (SSSR count). The van der Waals surface area contributed by atoms with Crippen LogP contribution in [0.5, 0.6) is 23.0 Å². The van der Waals surface area contributed by atoms with Crippen molar-refractivity contribution in [1.29, 1.82) is 0 Å². The zero-order valence-corrected chi connectivity index (χ0v) is 28.9. The molecule has 2 aliphatic heterocycles. The topological polar surface area (TPSA) is 28.3 Å². The maximum absolute atomic E-state index is 7.11. The van der Waals surface area contributed by atoms with Crippen molar-refractivity contribution in [3.63, 3.8) is 0 Å². The fourth-order valence-corrected chi connectivity index (χ4v) is 9.97. The molecule has 0 atom stereocenters. The van der Waals surface area contributed by atoms with Gasteiger partial charge in [-0.2, -0.15) is 0 Å². The Morgan fingerprint density at radius 1 is 0.442 bits per heavy atom. The first kappa shape index (κ1) is 28.7. The summed E-state index contributed by atoms with van der Waals surface area (Å²) in [4.78, 5) is 0. The molecule has 2 aromatic heterocycles. The van der Waals surface area contributed by atoms with Gasteiger partial charge in [0.05, 0.1) is 16.7 Å². The summed E-state index contributed by atoms with van der Waals surface area (Å²) in [6, 6.07) is 46.6. The van der Waals surface area contributed by atoms with Crippen LogP contribution in [-0.4, -0.2) is 15.8 Å². The molecule has 4 nitrogen and oxygen atoms in total. The maximum atomic E-state index is 7.11. The van der Waals surface area contributed by atoms with E-state index in [0.29, 0.717) is 0 Å². The quantitative estimate of drug-likeness (QED) is 0.175. The Bertz CT molecular complexity index is 2790. The first-order valence-electron chi connectivity index (χ1n) is 18.9. The fourth-order valence-electron chi connectivity index (χ4n) is 9.97. The molecule has 0 fully saturated rings. The second kappa shape index (κ2) is 10.8. The number of aryl methyl sites for hydroxylation is 2. The molecular formula is C47H35BN2O2. The Balaban J connectivity index is 1.09. The van der Waals surface area contributed by atoms with Crippen molar-refractivity contribution in [3.8, 4) is 45.5 Å². The maximum Gasteiger partial charge on any atom is 0.260 e. The van der Waals surface area contributed by atoms with Crippen LogP contribution in [0.3, 0.4) is 0 Å². The van der Waals surface area contributed by atoms with Crippen LogP contribution in [-0.2, 0) is 25.7 Å². The molecule has 0 N–H and O–H groups in total. The number of fused-ring (bicyclic) bond motifs is 10. The third-order valence-electron chi connectivity index (χ3n) is 12.2. The molecule has 248 valence electrons. The van der Waals surface area contributed by atoms with Gasteiger partial charge in [0.2, 0.25) is 0 Å².